The van der Waals surface area contributed by atoms with Crippen LogP contribution in [-0.2, 0) is 16.6 Å². The van der Waals surface area contributed by atoms with Gasteiger partial charge in [0.25, 0.3) is 5.91 Å². The molecule has 2 fully saturated rings. The van der Waals surface area contributed by atoms with Crippen LogP contribution in [0, 0.1) is 0 Å². The molecule has 0 N–H and O–H groups in total. The molecule has 1 amide bonds. The lowest BCUT2D eigenvalue weighted by molar-refractivity contribution is 0.00158. The Bertz CT molecular complexity index is 644. The molecule has 2 aliphatic carbocycles. The fraction of sp³-hybridized carbons (Fsp3) is 0.696. The topological polar surface area (TPSA) is 29.5 Å². The summed E-state index contributed by atoms with van der Waals surface area (Å²) in [7, 11) is 0. The Morgan fingerprint density at radius 3 is 2.62 bits per heavy atom. The molecule has 0 aromatic heterocycles. The molecule has 26 heavy (non-hydrogen) atoms. The average Bonchev–Trinajstić information content (AvgIpc) is 3.04. The summed E-state index contributed by atoms with van der Waals surface area (Å²) >= 11 is 0. The highest BCUT2D eigenvalue weighted by Gasteiger charge is 2.36. The largest absolute Gasteiger partial charge is 0.377 e. The fourth-order valence-corrected chi connectivity index (χ4v) is 5.03. The van der Waals surface area contributed by atoms with Gasteiger partial charge in [0, 0.05) is 24.1 Å². The summed E-state index contributed by atoms with van der Waals surface area (Å²) in [6, 6.07) is 6.43. The average molecular weight is 356 g/mol. The van der Waals surface area contributed by atoms with Gasteiger partial charge in [-0.3, -0.25) is 4.79 Å². The van der Waals surface area contributed by atoms with E-state index < -0.39 is 0 Å². The summed E-state index contributed by atoms with van der Waals surface area (Å²) < 4.78 is 6.32. The van der Waals surface area contributed by atoms with Gasteiger partial charge in [0.2, 0.25) is 0 Å². The molecule has 3 nitrogen and oxygen atoms in total. The second kappa shape index (κ2) is 7.72. The van der Waals surface area contributed by atoms with E-state index in [1.165, 1.54) is 49.7 Å². The van der Waals surface area contributed by atoms with Crippen molar-refractivity contribution in [3.8, 4) is 0 Å². The van der Waals surface area contributed by atoms with Crippen LogP contribution in [0.5, 0.6) is 0 Å². The number of benzene rings is 1. The molecule has 1 saturated carbocycles. The Labute approximate surface area is 158 Å². The lowest BCUT2D eigenvalue weighted by Gasteiger charge is -2.30. The minimum absolute atomic E-state index is 0.111. The molecular weight excluding hydrogens is 322 g/mol. The molecule has 1 atom stereocenters. The van der Waals surface area contributed by atoms with Gasteiger partial charge in [0.05, 0.1) is 12.7 Å². The van der Waals surface area contributed by atoms with Gasteiger partial charge in [-0.15, -0.1) is 0 Å². The molecule has 1 heterocycles. The van der Waals surface area contributed by atoms with Crippen LogP contribution in [0.3, 0.4) is 0 Å². The Balaban J connectivity index is 1.44. The van der Waals surface area contributed by atoms with E-state index in [4.69, 9.17) is 4.74 Å². The van der Waals surface area contributed by atoms with Gasteiger partial charge in [-0.2, -0.15) is 0 Å². The summed E-state index contributed by atoms with van der Waals surface area (Å²) in [5, 5.41) is 0. The molecular formula is C23H33NO2. The summed E-state index contributed by atoms with van der Waals surface area (Å²) in [6.07, 6.45) is 12.7. The van der Waals surface area contributed by atoms with E-state index in [1.807, 2.05) is 4.90 Å². The van der Waals surface area contributed by atoms with Crippen molar-refractivity contribution in [1.82, 2.24) is 4.90 Å². The predicted molar refractivity (Wildman–Crippen MR) is 105 cm³/mol. The van der Waals surface area contributed by atoms with Crippen molar-refractivity contribution in [2.45, 2.75) is 82.7 Å². The highest BCUT2D eigenvalue weighted by Crippen LogP contribution is 2.40. The number of hydrogen-bond acceptors (Lipinski definition) is 2. The number of hydrogen-bond donors (Lipinski definition) is 0. The van der Waals surface area contributed by atoms with Crippen LogP contribution in [-0.4, -0.2) is 36.6 Å². The quantitative estimate of drug-likeness (QED) is 0.771. The number of fused-ring (bicyclic) bond motifs is 1. The van der Waals surface area contributed by atoms with Crippen LogP contribution in [0.2, 0.25) is 0 Å². The predicted octanol–water partition coefficient (Wildman–Crippen LogP) is 4.87. The van der Waals surface area contributed by atoms with E-state index in [2.05, 4.69) is 25.1 Å². The molecule has 1 unspecified atom stereocenters. The maximum absolute atomic E-state index is 12.8. The highest BCUT2D eigenvalue weighted by atomic mass is 16.5. The van der Waals surface area contributed by atoms with Gasteiger partial charge in [-0.05, 0) is 68.2 Å². The molecule has 1 aromatic carbocycles. The smallest absolute Gasteiger partial charge is 0.253 e. The maximum Gasteiger partial charge on any atom is 0.253 e. The van der Waals surface area contributed by atoms with Crippen molar-refractivity contribution < 1.29 is 9.53 Å². The first-order valence-electron chi connectivity index (χ1n) is 10.7. The molecule has 142 valence electrons. The van der Waals surface area contributed by atoms with Crippen LogP contribution in [0.4, 0.5) is 0 Å². The van der Waals surface area contributed by atoms with Crippen molar-refractivity contribution in [3.63, 3.8) is 0 Å². The van der Waals surface area contributed by atoms with Crippen molar-refractivity contribution in [3.05, 3.63) is 34.9 Å². The second-order valence-corrected chi connectivity index (χ2v) is 8.86. The van der Waals surface area contributed by atoms with E-state index in [1.54, 1.807) is 0 Å². The molecule has 1 saturated heterocycles. The van der Waals surface area contributed by atoms with Crippen LogP contribution in [0.15, 0.2) is 18.2 Å². The molecule has 3 aliphatic rings. The van der Waals surface area contributed by atoms with E-state index in [-0.39, 0.29) is 11.3 Å². The first kappa shape index (κ1) is 18.0. The van der Waals surface area contributed by atoms with Gasteiger partial charge in [-0.25, -0.2) is 0 Å². The summed E-state index contributed by atoms with van der Waals surface area (Å²) in [4.78, 5) is 14.8. The molecule has 0 spiro atoms. The fourth-order valence-electron chi connectivity index (χ4n) is 5.03. The van der Waals surface area contributed by atoms with E-state index in [0.717, 1.165) is 50.9 Å². The first-order chi connectivity index (χ1) is 12.7. The van der Waals surface area contributed by atoms with E-state index >= 15 is 0 Å². The molecule has 3 heteroatoms. The van der Waals surface area contributed by atoms with Crippen molar-refractivity contribution in [1.29, 1.82) is 0 Å². The SMILES string of the molecule is CC1(COC2CCCCC2)CCc2cc(C(=O)N3CCCCC3)ccc21. The summed E-state index contributed by atoms with van der Waals surface area (Å²) in [5.41, 5.74) is 3.76. The van der Waals surface area contributed by atoms with Crippen molar-refractivity contribution >= 4 is 5.91 Å². The number of likely N-dealkylation sites (tertiary alicyclic amines) is 1. The number of rotatable bonds is 4. The van der Waals surface area contributed by atoms with Gasteiger partial charge >= 0.3 is 0 Å². The van der Waals surface area contributed by atoms with E-state index in [0.29, 0.717) is 6.10 Å². The zero-order valence-corrected chi connectivity index (χ0v) is 16.3. The number of amides is 1. The molecule has 1 aromatic rings. The van der Waals surface area contributed by atoms with Crippen LogP contribution < -0.4 is 0 Å². The van der Waals surface area contributed by atoms with Gasteiger partial charge < -0.3 is 9.64 Å². The van der Waals surface area contributed by atoms with Crippen molar-refractivity contribution in [2.75, 3.05) is 19.7 Å². The summed E-state index contributed by atoms with van der Waals surface area (Å²) in [6.45, 7) is 5.00. The number of nitrogens with zero attached hydrogens (tertiary/aromatic N) is 1. The number of aryl methyl sites for hydroxylation is 1. The van der Waals surface area contributed by atoms with E-state index in [9.17, 15) is 4.79 Å². The monoisotopic (exact) mass is 355 g/mol. The highest BCUT2D eigenvalue weighted by molar-refractivity contribution is 5.94. The number of piperidine rings is 1. The Morgan fingerprint density at radius 1 is 1.12 bits per heavy atom. The second-order valence-electron chi connectivity index (χ2n) is 8.86. The molecule has 0 radical (unpaired) electrons. The summed E-state index contributed by atoms with van der Waals surface area (Å²) in [5.74, 6) is 0.222. The van der Waals surface area contributed by atoms with Crippen LogP contribution >= 0.6 is 0 Å². The molecule has 4 rings (SSSR count). The third-order valence-corrected chi connectivity index (χ3v) is 6.78. The van der Waals surface area contributed by atoms with Crippen molar-refractivity contribution in [2.24, 2.45) is 0 Å². The normalized spacial score (nSPS) is 26.7. The lowest BCUT2D eigenvalue weighted by Crippen LogP contribution is -2.35. The maximum atomic E-state index is 12.8. The number of carbonyl (C=O) groups excluding carboxylic acids is 1. The molecule has 1 aliphatic heterocycles. The Morgan fingerprint density at radius 2 is 1.85 bits per heavy atom. The third kappa shape index (κ3) is 3.69. The minimum atomic E-state index is 0.111. The van der Waals surface area contributed by atoms with Crippen LogP contribution in [0.25, 0.3) is 0 Å². The number of carbonyl (C=O) groups is 1. The zero-order chi connectivity index (χ0) is 18.0. The van der Waals surface area contributed by atoms with Gasteiger partial charge in [0.1, 0.15) is 0 Å². The third-order valence-electron chi connectivity index (χ3n) is 6.78. The lowest BCUT2D eigenvalue weighted by atomic mass is 9.84. The molecule has 0 bridgehead atoms. The Hall–Kier alpha value is -1.35. The zero-order valence-electron chi connectivity index (χ0n) is 16.3. The standard InChI is InChI=1S/C23H33NO2/c1-23(17-26-20-8-4-2-5-9-20)13-12-18-16-19(10-11-21(18)23)22(25)24-14-6-3-7-15-24/h10-11,16,20H,2-9,12-15,17H2,1H3. The van der Waals surface area contributed by atoms with Crippen LogP contribution in [0.1, 0.15) is 86.2 Å². The number of ether oxygens (including phenoxy) is 1. The van der Waals surface area contributed by atoms with Gasteiger partial charge in [-0.1, -0.05) is 32.3 Å². The van der Waals surface area contributed by atoms with Gasteiger partial charge in [0.15, 0.2) is 0 Å². The first-order valence-corrected chi connectivity index (χ1v) is 10.7. The minimum Gasteiger partial charge on any atom is -0.377 e. The Kier molecular flexibility index (Phi) is 5.35.